The van der Waals surface area contributed by atoms with Crippen molar-refractivity contribution in [2.75, 3.05) is 0 Å². The van der Waals surface area contributed by atoms with Crippen LogP contribution in [0.4, 0.5) is 5.69 Å². The van der Waals surface area contributed by atoms with Crippen molar-refractivity contribution in [2.45, 2.75) is 6.42 Å². The second-order valence-electron chi connectivity index (χ2n) is 2.40. The lowest BCUT2D eigenvalue weighted by atomic mass is 10.1. The highest BCUT2D eigenvalue weighted by Gasteiger charge is 2.00. The largest absolute Gasteiger partial charge is 0.281 e. The van der Waals surface area contributed by atoms with Gasteiger partial charge in [0, 0.05) is 6.42 Å². The minimum atomic E-state index is -0.394. The summed E-state index contributed by atoms with van der Waals surface area (Å²) < 4.78 is 0. The topological polar surface area (TPSA) is 67.4 Å². The number of nitrogens with one attached hydrogen (secondary N) is 1. The predicted octanol–water partition coefficient (Wildman–Crippen LogP) is 2.18. The van der Waals surface area contributed by atoms with Crippen molar-refractivity contribution in [3.8, 4) is 0 Å². The summed E-state index contributed by atoms with van der Waals surface area (Å²) in [5, 5.41) is 3.11. The van der Waals surface area contributed by atoms with E-state index in [1.807, 2.05) is 0 Å². The minimum Gasteiger partial charge on any atom is -0.281 e. The summed E-state index contributed by atoms with van der Waals surface area (Å²) in [7, 11) is 0. The van der Waals surface area contributed by atoms with Gasteiger partial charge in [-0.25, -0.2) is 0 Å². The highest BCUT2D eigenvalue weighted by Crippen LogP contribution is 2.12. The third kappa shape index (κ3) is 3.15. The lowest BCUT2D eigenvalue weighted by Crippen LogP contribution is -1.91. The van der Waals surface area contributed by atoms with E-state index < -0.39 is 5.24 Å². The van der Waals surface area contributed by atoms with E-state index in [4.69, 9.17) is 17.1 Å². The van der Waals surface area contributed by atoms with Gasteiger partial charge in [-0.05, 0) is 29.3 Å². The number of carbonyl (C=O) groups is 1. The van der Waals surface area contributed by atoms with Crippen molar-refractivity contribution >= 4 is 22.5 Å². The summed E-state index contributed by atoms with van der Waals surface area (Å²) >= 11 is 5.20. The van der Waals surface area contributed by atoms with Gasteiger partial charge in [0.1, 0.15) is 5.53 Å². The molecule has 66 valence electrons. The van der Waals surface area contributed by atoms with Gasteiger partial charge in [0.2, 0.25) is 10.2 Å². The third-order valence-electron chi connectivity index (χ3n) is 1.44. The second kappa shape index (κ2) is 4.50. The quantitative estimate of drug-likeness (QED) is 0.449. The van der Waals surface area contributed by atoms with Crippen LogP contribution >= 0.6 is 11.6 Å². The molecule has 0 aliphatic rings. The molecule has 0 heterocycles. The molecule has 1 aromatic rings. The first-order valence-corrected chi connectivity index (χ1v) is 3.95. The van der Waals surface area contributed by atoms with Crippen molar-refractivity contribution in [1.29, 1.82) is 5.53 Å². The number of rotatable bonds is 3. The Morgan fingerprint density at radius 2 is 2.08 bits per heavy atom. The third-order valence-corrected chi connectivity index (χ3v) is 1.58. The van der Waals surface area contributed by atoms with Gasteiger partial charge in [-0.2, -0.15) is 0 Å². The highest BCUT2D eigenvalue weighted by molar-refractivity contribution is 6.63. The molecule has 0 spiro atoms. The molecule has 5 heteroatoms. The number of halogens is 1. The summed E-state index contributed by atoms with van der Waals surface area (Å²) in [6, 6.07) is 6.80. The minimum absolute atomic E-state index is 0.208. The van der Waals surface area contributed by atoms with Crippen LogP contribution in [0.15, 0.2) is 29.4 Å². The number of benzene rings is 1. The van der Waals surface area contributed by atoms with Gasteiger partial charge in [-0.3, -0.25) is 4.79 Å². The molecule has 0 unspecified atom stereocenters. The Morgan fingerprint density at radius 1 is 1.46 bits per heavy atom. The second-order valence-corrected chi connectivity index (χ2v) is 2.82. The van der Waals surface area contributed by atoms with Crippen LogP contribution in [-0.4, -0.2) is 5.24 Å². The molecule has 0 amide bonds. The fourth-order valence-electron chi connectivity index (χ4n) is 0.899. The Hall–Kier alpha value is -1.51. The van der Waals surface area contributed by atoms with Crippen LogP contribution in [0.1, 0.15) is 5.56 Å². The first-order valence-electron chi connectivity index (χ1n) is 3.57. The fourth-order valence-corrected chi connectivity index (χ4v) is 1.05. The monoisotopic (exact) mass is 196 g/mol. The molecule has 0 atom stereocenters. The molecule has 1 N–H and O–H groups in total. The molecule has 1 aromatic carbocycles. The molecule has 0 radical (unpaired) electrons. The van der Waals surface area contributed by atoms with Crippen molar-refractivity contribution in [2.24, 2.45) is 5.11 Å². The van der Waals surface area contributed by atoms with Gasteiger partial charge < -0.3 is 0 Å². The van der Waals surface area contributed by atoms with Crippen molar-refractivity contribution < 1.29 is 4.79 Å². The van der Waals surface area contributed by atoms with E-state index in [0.29, 0.717) is 5.69 Å². The lowest BCUT2D eigenvalue weighted by molar-refractivity contribution is -0.111. The molecule has 0 saturated heterocycles. The first-order chi connectivity index (χ1) is 6.22. The molecular weight excluding hydrogens is 190 g/mol. The molecule has 0 aliphatic heterocycles. The van der Waals surface area contributed by atoms with E-state index in [2.05, 4.69) is 10.0 Å². The fraction of sp³-hybridized carbons (Fsp3) is 0.125. The number of hydrogen-bond acceptors (Lipinski definition) is 3. The van der Waals surface area contributed by atoms with E-state index in [1.54, 1.807) is 24.3 Å². The van der Waals surface area contributed by atoms with Gasteiger partial charge in [-0.15, -0.1) is 0 Å². The highest BCUT2D eigenvalue weighted by atomic mass is 35.5. The summed E-state index contributed by atoms with van der Waals surface area (Å²) in [6.07, 6.45) is 0.208. The van der Waals surface area contributed by atoms with Gasteiger partial charge >= 0.3 is 0 Å². The Morgan fingerprint density at radius 3 is 2.54 bits per heavy atom. The van der Waals surface area contributed by atoms with Gasteiger partial charge in [0.25, 0.3) is 0 Å². The average molecular weight is 197 g/mol. The predicted molar refractivity (Wildman–Crippen MR) is 47.9 cm³/mol. The summed E-state index contributed by atoms with van der Waals surface area (Å²) in [6.45, 7) is 0. The van der Waals surface area contributed by atoms with Crippen LogP contribution in [0.3, 0.4) is 0 Å². The lowest BCUT2D eigenvalue weighted by Gasteiger charge is -1.93. The van der Waals surface area contributed by atoms with E-state index in [1.165, 1.54) is 0 Å². The maximum Gasteiger partial charge on any atom is 0.226 e. The summed E-state index contributed by atoms with van der Waals surface area (Å²) in [5.74, 6) is 0. The average Bonchev–Trinajstić information content (AvgIpc) is 2.08. The van der Waals surface area contributed by atoms with Crippen molar-refractivity contribution in [3.63, 3.8) is 0 Å². The zero-order valence-corrected chi connectivity index (χ0v) is 7.45. The number of hydrogen-bond donors (Lipinski definition) is 1. The van der Waals surface area contributed by atoms with Crippen LogP contribution in [0.2, 0.25) is 0 Å². The Labute approximate surface area is 79.8 Å². The van der Waals surface area contributed by atoms with Crippen LogP contribution in [0, 0.1) is 5.53 Å². The van der Waals surface area contributed by atoms with E-state index >= 15 is 0 Å². The van der Waals surface area contributed by atoms with Crippen molar-refractivity contribution in [3.05, 3.63) is 29.8 Å². The molecule has 0 aromatic heterocycles. The first kappa shape index (κ1) is 9.58. The Bertz CT molecular complexity index is 354. The molecular formula is C8H7ClN3O+. The molecule has 0 saturated carbocycles. The molecule has 13 heavy (non-hydrogen) atoms. The molecule has 4 nitrogen and oxygen atoms in total. The number of carbonyl (C=O) groups excluding carboxylic acids is 1. The van der Waals surface area contributed by atoms with E-state index in [-0.39, 0.29) is 6.42 Å². The normalized spacial score (nSPS) is 9.00. The van der Waals surface area contributed by atoms with Crippen LogP contribution in [0.5, 0.6) is 0 Å². The SMILES string of the molecule is N=[N+]=Nc1ccc(CC(=O)Cl)cc1. The molecule has 0 bridgehead atoms. The van der Waals surface area contributed by atoms with Crippen molar-refractivity contribution in [1.82, 2.24) is 4.91 Å². The molecule has 1 rings (SSSR count). The summed E-state index contributed by atoms with van der Waals surface area (Å²) in [5.41, 5.74) is 7.90. The van der Waals surface area contributed by atoms with Gasteiger partial charge in [0.15, 0.2) is 10.8 Å². The Kier molecular flexibility index (Phi) is 3.31. The maximum atomic E-state index is 10.5. The van der Waals surface area contributed by atoms with E-state index in [9.17, 15) is 4.79 Å². The maximum absolute atomic E-state index is 10.5. The van der Waals surface area contributed by atoms with Crippen LogP contribution < -0.4 is 4.91 Å². The standard InChI is InChI=1S/C8H7ClN3O/c9-8(13)5-6-1-3-7(4-2-6)11-12-10/h1-4,10H,5H2/q+1. The zero-order valence-electron chi connectivity index (χ0n) is 6.70. The van der Waals surface area contributed by atoms with E-state index in [0.717, 1.165) is 5.56 Å². The number of nitrogens with zero attached hydrogens (tertiary/aromatic N) is 2. The van der Waals surface area contributed by atoms with Gasteiger partial charge in [0.05, 0.1) is 0 Å². The summed E-state index contributed by atoms with van der Waals surface area (Å²) in [4.78, 5) is 13.4. The Balaban J connectivity index is 2.80. The zero-order chi connectivity index (χ0) is 9.68. The molecule has 0 aliphatic carbocycles. The van der Waals surface area contributed by atoms with Crippen LogP contribution in [0.25, 0.3) is 0 Å². The van der Waals surface area contributed by atoms with Crippen LogP contribution in [-0.2, 0) is 11.2 Å². The van der Waals surface area contributed by atoms with Gasteiger partial charge in [-0.1, -0.05) is 12.1 Å². The molecule has 0 fully saturated rings. The smallest absolute Gasteiger partial charge is 0.226 e.